The molecule has 1 aliphatic carbocycles. The SMILES string of the molecule is Cc1nn(-c2ccccc2)nc1C(=O)OCC(=O)N[C@H]1CCCc2ccccc21. The van der Waals surface area contributed by atoms with E-state index in [9.17, 15) is 9.59 Å². The standard InChI is InChI=1S/C22H22N4O3/c1-15-21(25-26(24-15)17-10-3-2-4-11-17)22(28)29-14-20(27)23-19-13-7-9-16-8-5-6-12-18(16)19/h2-6,8,10-12,19H,7,9,13-14H2,1H3,(H,23,27)/t19-/m0/s1. The summed E-state index contributed by atoms with van der Waals surface area (Å²) in [5, 5.41) is 11.4. The van der Waals surface area contributed by atoms with Crippen LogP contribution < -0.4 is 5.32 Å². The van der Waals surface area contributed by atoms with Crippen LogP contribution in [-0.4, -0.2) is 33.5 Å². The molecule has 7 heteroatoms. The molecule has 0 saturated heterocycles. The molecule has 3 aromatic rings. The van der Waals surface area contributed by atoms with Crippen LogP contribution in [0.1, 0.15) is 46.2 Å². The topological polar surface area (TPSA) is 86.1 Å². The molecule has 4 rings (SSSR count). The molecule has 0 radical (unpaired) electrons. The molecule has 1 heterocycles. The fraction of sp³-hybridized carbons (Fsp3) is 0.273. The Hall–Kier alpha value is -3.48. The van der Waals surface area contributed by atoms with E-state index >= 15 is 0 Å². The summed E-state index contributed by atoms with van der Waals surface area (Å²) in [6.07, 6.45) is 2.92. The Morgan fingerprint density at radius 3 is 2.69 bits per heavy atom. The largest absolute Gasteiger partial charge is 0.451 e. The number of aromatic nitrogens is 3. The number of fused-ring (bicyclic) bond motifs is 1. The highest BCUT2D eigenvalue weighted by molar-refractivity contribution is 5.90. The van der Waals surface area contributed by atoms with E-state index < -0.39 is 5.97 Å². The Bertz CT molecular complexity index is 1030. The average Bonchev–Trinajstić information content (AvgIpc) is 3.15. The summed E-state index contributed by atoms with van der Waals surface area (Å²) < 4.78 is 5.18. The number of hydrogen-bond donors (Lipinski definition) is 1. The predicted molar refractivity (Wildman–Crippen MR) is 107 cm³/mol. The molecule has 148 valence electrons. The van der Waals surface area contributed by atoms with Crippen molar-refractivity contribution in [3.05, 3.63) is 77.1 Å². The van der Waals surface area contributed by atoms with Gasteiger partial charge in [-0.1, -0.05) is 42.5 Å². The first-order valence-corrected chi connectivity index (χ1v) is 9.65. The van der Waals surface area contributed by atoms with E-state index in [4.69, 9.17) is 4.74 Å². The lowest BCUT2D eigenvalue weighted by Crippen LogP contribution is -2.34. The number of benzene rings is 2. The maximum atomic E-state index is 12.4. The molecule has 0 aliphatic heterocycles. The maximum Gasteiger partial charge on any atom is 0.361 e. The molecular formula is C22H22N4O3. The fourth-order valence-electron chi connectivity index (χ4n) is 3.58. The molecule has 1 N–H and O–H groups in total. The van der Waals surface area contributed by atoms with Crippen molar-refractivity contribution in [3.8, 4) is 5.69 Å². The van der Waals surface area contributed by atoms with Crippen LogP contribution in [0.2, 0.25) is 0 Å². The van der Waals surface area contributed by atoms with Crippen LogP contribution in [0, 0.1) is 6.92 Å². The highest BCUT2D eigenvalue weighted by atomic mass is 16.5. The summed E-state index contributed by atoms with van der Waals surface area (Å²) in [4.78, 5) is 26.1. The van der Waals surface area contributed by atoms with Gasteiger partial charge in [0.05, 0.1) is 17.4 Å². The number of nitrogens with zero attached hydrogens (tertiary/aromatic N) is 3. The molecule has 7 nitrogen and oxygen atoms in total. The zero-order valence-electron chi connectivity index (χ0n) is 16.2. The van der Waals surface area contributed by atoms with Gasteiger partial charge in [0.15, 0.2) is 12.3 Å². The third-order valence-corrected chi connectivity index (χ3v) is 5.00. The van der Waals surface area contributed by atoms with Gasteiger partial charge in [-0.25, -0.2) is 4.79 Å². The number of carbonyl (C=O) groups excluding carboxylic acids is 2. The molecule has 1 aromatic heterocycles. The number of esters is 1. The van der Waals surface area contributed by atoms with E-state index in [-0.39, 0.29) is 24.2 Å². The third-order valence-electron chi connectivity index (χ3n) is 5.00. The molecule has 29 heavy (non-hydrogen) atoms. The lowest BCUT2D eigenvalue weighted by atomic mass is 9.88. The number of amides is 1. The minimum Gasteiger partial charge on any atom is -0.451 e. The minimum absolute atomic E-state index is 0.0492. The van der Waals surface area contributed by atoms with Crippen molar-refractivity contribution in [2.45, 2.75) is 32.2 Å². The number of hydrogen-bond acceptors (Lipinski definition) is 5. The monoisotopic (exact) mass is 390 g/mol. The zero-order valence-corrected chi connectivity index (χ0v) is 16.2. The number of rotatable bonds is 5. The summed E-state index contributed by atoms with van der Waals surface area (Å²) in [5.41, 5.74) is 3.68. The van der Waals surface area contributed by atoms with Gasteiger partial charge in [0.2, 0.25) is 0 Å². The van der Waals surface area contributed by atoms with E-state index in [1.807, 2.05) is 48.5 Å². The predicted octanol–water partition coefficient (Wildman–Crippen LogP) is 2.93. The Balaban J connectivity index is 1.37. The smallest absolute Gasteiger partial charge is 0.361 e. The van der Waals surface area contributed by atoms with Crippen LogP contribution in [0.4, 0.5) is 0 Å². The lowest BCUT2D eigenvalue weighted by Gasteiger charge is -2.26. The van der Waals surface area contributed by atoms with Crippen molar-refractivity contribution < 1.29 is 14.3 Å². The van der Waals surface area contributed by atoms with Gasteiger partial charge in [-0.2, -0.15) is 9.90 Å². The molecule has 1 amide bonds. The zero-order chi connectivity index (χ0) is 20.2. The van der Waals surface area contributed by atoms with Crippen molar-refractivity contribution in [2.75, 3.05) is 6.61 Å². The molecule has 2 aromatic carbocycles. The first-order valence-electron chi connectivity index (χ1n) is 9.65. The Morgan fingerprint density at radius 2 is 1.86 bits per heavy atom. The molecule has 0 fully saturated rings. The quantitative estimate of drug-likeness (QED) is 0.677. The highest BCUT2D eigenvalue weighted by Gasteiger charge is 2.23. The molecule has 1 aliphatic rings. The van der Waals surface area contributed by atoms with Gasteiger partial charge < -0.3 is 10.1 Å². The Morgan fingerprint density at radius 1 is 1.10 bits per heavy atom. The normalized spacial score (nSPS) is 15.4. The number of para-hydroxylation sites is 1. The van der Waals surface area contributed by atoms with Gasteiger partial charge in [0.1, 0.15) is 0 Å². The summed E-state index contributed by atoms with van der Waals surface area (Å²) in [6, 6.07) is 17.3. The first-order chi connectivity index (χ1) is 14.1. The van der Waals surface area contributed by atoms with Crippen LogP contribution in [0.5, 0.6) is 0 Å². The van der Waals surface area contributed by atoms with Crippen molar-refractivity contribution in [3.63, 3.8) is 0 Å². The molecule has 0 unspecified atom stereocenters. The third kappa shape index (κ3) is 4.18. The van der Waals surface area contributed by atoms with Crippen molar-refractivity contribution in [1.82, 2.24) is 20.3 Å². The summed E-state index contributed by atoms with van der Waals surface area (Å²) in [5.74, 6) is -0.989. The second kappa shape index (κ2) is 8.26. The number of aryl methyl sites for hydroxylation is 2. The first kappa shape index (κ1) is 18.9. The van der Waals surface area contributed by atoms with Crippen LogP contribution in [0.25, 0.3) is 5.69 Å². The molecule has 0 spiro atoms. The Kier molecular flexibility index (Phi) is 5.37. The number of carbonyl (C=O) groups is 2. The van der Waals surface area contributed by atoms with E-state index in [1.54, 1.807) is 6.92 Å². The average molecular weight is 390 g/mol. The van der Waals surface area contributed by atoms with Crippen LogP contribution >= 0.6 is 0 Å². The van der Waals surface area contributed by atoms with Gasteiger partial charge in [0.25, 0.3) is 5.91 Å². The van der Waals surface area contributed by atoms with Crippen molar-refractivity contribution in [1.29, 1.82) is 0 Å². The van der Waals surface area contributed by atoms with E-state index in [1.165, 1.54) is 10.4 Å². The molecule has 1 atom stereocenters. The van der Waals surface area contributed by atoms with E-state index in [2.05, 4.69) is 21.6 Å². The molecular weight excluding hydrogens is 368 g/mol. The summed E-state index contributed by atoms with van der Waals surface area (Å²) in [7, 11) is 0. The highest BCUT2D eigenvalue weighted by Crippen LogP contribution is 2.29. The van der Waals surface area contributed by atoms with Crippen LogP contribution in [0.15, 0.2) is 54.6 Å². The van der Waals surface area contributed by atoms with Crippen molar-refractivity contribution >= 4 is 11.9 Å². The molecule has 0 bridgehead atoms. The van der Waals surface area contributed by atoms with Crippen LogP contribution in [0.3, 0.4) is 0 Å². The summed E-state index contributed by atoms with van der Waals surface area (Å²) in [6.45, 7) is 1.33. The summed E-state index contributed by atoms with van der Waals surface area (Å²) >= 11 is 0. The second-order valence-corrected chi connectivity index (χ2v) is 7.05. The Labute approximate surface area is 168 Å². The van der Waals surface area contributed by atoms with E-state index in [0.29, 0.717) is 5.69 Å². The van der Waals surface area contributed by atoms with E-state index in [0.717, 1.165) is 30.5 Å². The maximum absolute atomic E-state index is 12.4. The van der Waals surface area contributed by atoms with Gasteiger partial charge in [-0.3, -0.25) is 4.79 Å². The van der Waals surface area contributed by atoms with Gasteiger partial charge in [0, 0.05) is 0 Å². The van der Waals surface area contributed by atoms with Gasteiger partial charge in [-0.15, -0.1) is 5.10 Å². The number of nitrogens with one attached hydrogen (secondary N) is 1. The van der Waals surface area contributed by atoms with Crippen LogP contribution in [-0.2, 0) is 16.0 Å². The second-order valence-electron chi connectivity index (χ2n) is 7.05. The van der Waals surface area contributed by atoms with Gasteiger partial charge in [-0.05, 0) is 49.4 Å². The fourth-order valence-corrected chi connectivity index (χ4v) is 3.58. The van der Waals surface area contributed by atoms with Gasteiger partial charge >= 0.3 is 5.97 Å². The lowest BCUT2D eigenvalue weighted by molar-refractivity contribution is -0.125. The number of ether oxygens (including phenoxy) is 1. The van der Waals surface area contributed by atoms with Crippen molar-refractivity contribution in [2.24, 2.45) is 0 Å². The molecule has 0 saturated carbocycles. The minimum atomic E-state index is -0.663.